The Labute approximate surface area is 116 Å². The summed E-state index contributed by atoms with van der Waals surface area (Å²) in [4.78, 5) is 2.47. The molecule has 1 saturated heterocycles. The molecule has 0 aromatic heterocycles. The number of hydrogen-bond donors (Lipinski definition) is 1. The van der Waals surface area contributed by atoms with Crippen molar-refractivity contribution in [3.05, 3.63) is 29.8 Å². The Hall–Kier alpha value is -0.770. The lowest BCUT2D eigenvalue weighted by Gasteiger charge is -2.30. The van der Waals surface area contributed by atoms with Crippen LogP contribution in [0.3, 0.4) is 0 Å². The van der Waals surface area contributed by atoms with Gasteiger partial charge < -0.3 is 15.4 Å². The largest absolute Gasteiger partial charge is 0.497 e. The van der Waals surface area contributed by atoms with E-state index in [1.165, 1.54) is 24.9 Å². The average molecular weight is 271 g/mol. The van der Waals surface area contributed by atoms with E-state index < -0.39 is 0 Å². The first-order valence-electron chi connectivity index (χ1n) is 6.39. The predicted octanol–water partition coefficient (Wildman–Crippen LogP) is 2.08. The highest BCUT2D eigenvalue weighted by Gasteiger charge is 2.15. The van der Waals surface area contributed by atoms with Crippen LogP contribution in [0.2, 0.25) is 0 Å². The van der Waals surface area contributed by atoms with Gasteiger partial charge in [-0.2, -0.15) is 0 Å². The molecule has 3 nitrogen and oxygen atoms in total. The molecule has 1 aliphatic rings. The Morgan fingerprint density at radius 1 is 1.33 bits per heavy atom. The number of nitrogens with zero attached hydrogens (tertiary/aromatic N) is 1. The average Bonchev–Trinajstić information content (AvgIpc) is 2.37. The number of rotatable bonds is 4. The first-order valence-corrected chi connectivity index (χ1v) is 6.39. The van der Waals surface area contributed by atoms with Gasteiger partial charge in [-0.05, 0) is 43.5 Å². The van der Waals surface area contributed by atoms with Gasteiger partial charge in [-0.1, -0.05) is 12.1 Å². The highest BCUT2D eigenvalue weighted by Crippen LogP contribution is 2.13. The van der Waals surface area contributed by atoms with Gasteiger partial charge in [0.05, 0.1) is 7.11 Å². The summed E-state index contributed by atoms with van der Waals surface area (Å²) in [7, 11) is 1.70. The summed E-state index contributed by atoms with van der Waals surface area (Å²) in [6.07, 6.45) is 3.51. The van der Waals surface area contributed by atoms with Crippen LogP contribution in [0.1, 0.15) is 18.4 Å². The van der Waals surface area contributed by atoms with Gasteiger partial charge >= 0.3 is 0 Å². The van der Waals surface area contributed by atoms with E-state index >= 15 is 0 Å². The van der Waals surface area contributed by atoms with E-state index in [0.29, 0.717) is 6.04 Å². The molecule has 2 N–H and O–H groups in total. The van der Waals surface area contributed by atoms with E-state index in [4.69, 9.17) is 10.5 Å². The Bertz CT molecular complexity index is 342. The molecule has 1 heterocycles. The van der Waals surface area contributed by atoms with Crippen LogP contribution in [0, 0.1) is 0 Å². The number of methoxy groups -OCH3 is 1. The molecule has 1 aliphatic heterocycles. The third kappa shape index (κ3) is 4.48. The van der Waals surface area contributed by atoms with Crippen LogP contribution < -0.4 is 10.5 Å². The molecule has 0 unspecified atom stereocenters. The van der Waals surface area contributed by atoms with Crippen molar-refractivity contribution in [1.29, 1.82) is 0 Å². The monoisotopic (exact) mass is 270 g/mol. The van der Waals surface area contributed by atoms with Gasteiger partial charge in [0.2, 0.25) is 0 Å². The summed E-state index contributed by atoms with van der Waals surface area (Å²) in [5, 5.41) is 0. The van der Waals surface area contributed by atoms with Gasteiger partial charge in [-0.3, -0.25) is 0 Å². The number of hydrogen-bond acceptors (Lipinski definition) is 3. The van der Waals surface area contributed by atoms with Crippen LogP contribution in [0.15, 0.2) is 24.3 Å². The molecule has 0 aliphatic carbocycles. The molecule has 0 radical (unpaired) electrons. The fourth-order valence-electron chi connectivity index (χ4n) is 2.37. The Morgan fingerprint density at radius 3 is 2.67 bits per heavy atom. The van der Waals surface area contributed by atoms with E-state index in [-0.39, 0.29) is 12.4 Å². The number of benzene rings is 1. The lowest BCUT2D eigenvalue weighted by Crippen LogP contribution is -2.43. The quantitative estimate of drug-likeness (QED) is 0.911. The van der Waals surface area contributed by atoms with Gasteiger partial charge in [0.25, 0.3) is 0 Å². The predicted molar refractivity (Wildman–Crippen MR) is 77.6 cm³/mol. The van der Waals surface area contributed by atoms with E-state index in [9.17, 15) is 0 Å². The fraction of sp³-hybridized carbons (Fsp3) is 0.571. The standard InChI is InChI=1S/C14H22N2O.ClH/c1-17-14-6-4-12(5-7-14)8-10-16-9-2-3-13(15)11-16;/h4-7,13H,2-3,8-11,15H2,1H3;1H/t13-;/m1./s1. The molecule has 0 saturated carbocycles. The molecule has 1 atom stereocenters. The van der Waals surface area contributed by atoms with Crippen molar-refractivity contribution in [1.82, 2.24) is 4.90 Å². The van der Waals surface area contributed by atoms with E-state index in [2.05, 4.69) is 17.0 Å². The lowest BCUT2D eigenvalue weighted by molar-refractivity contribution is 0.211. The minimum atomic E-state index is 0. The van der Waals surface area contributed by atoms with Gasteiger partial charge in [0, 0.05) is 19.1 Å². The summed E-state index contributed by atoms with van der Waals surface area (Å²) in [5.74, 6) is 0.925. The van der Waals surface area contributed by atoms with Gasteiger partial charge in [0.1, 0.15) is 5.75 Å². The normalized spacial score (nSPS) is 20.2. The zero-order valence-corrected chi connectivity index (χ0v) is 11.8. The maximum atomic E-state index is 5.97. The molecule has 0 amide bonds. The van der Waals surface area contributed by atoms with E-state index in [1.54, 1.807) is 7.11 Å². The zero-order valence-electron chi connectivity index (χ0n) is 11.0. The molecule has 1 fully saturated rings. The number of likely N-dealkylation sites (tertiary alicyclic amines) is 1. The third-order valence-corrected chi connectivity index (χ3v) is 3.42. The highest BCUT2D eigenvalue weighted by atomic mass is 35.5. The van der Waals surface area contributed by atoms with E-state index in [0.717, 1.165) is 25.3 Å². The van der Waals surface area contributed by atoms with Crippen molar-refractivity contribution in [2.75, 3.05) is 26.7 Å². The molecule has 0 spiro atoms. The Balaban J connectivity index is 0.00000162. The van der Waals surface area contributed by atoms with Crippen molar-refractivity contribution in [2.24, 2.45) is 5.73 Å². The second-order valence-corrected chi connectivity index (χ2v) is 4.80. The SMILES string of the molecule is COc1ccc(CCN2CCC[C@@H](N)C2)cc1.Cl. The third-order valence-electron chi connectivity index (χ3n) is 3.42. The molecule has 4 heteroatoms. The van der Waals surface area contributed by atoms with Crippen molar-refractivity contribution in [3.63, 3.8) is 0 Å². The summed E-state index contributed by atoms with van der Waals surface area (Å²) >= 11 is 0. The molecular weight excluding hydrogens is 248 g/mol. The highest BCUT2D eigenvalue weighted by molar-refractivity contribution is 5.85. The summed E-state index contributed by atoms with van der Waals surface area (Å²) in [6, 6.07) is 8.71. The van der Waals surface area contributed by atoms with Crippen molar-refractivity contribution in [2.45, 2.75) is 25.3 Å². The number of piperidine rings is 1. The minimum absolute atomic E-state index is 0. The maximum absolute atomic E-state index is 5.97. The molecule has 1 aromatic carbocycles. The van der Waals surface area contributed by atoms with Crippen LogP contribution in [-0.4, -0.2) is 37.7 Å². The zero-order chi connectivity index (χ0) is 12.1. The van der Waals surface area contributed by atoms with Crippen LogP contribution in [0.5, 0.6) is 5.75 Å². The number of nitrogens with two attached hydrogens (primary N) is 1. The van der Waals surface area contributed by atoms with Crippen LogP contribution in [0.25, 0.3) is 0 Å². The van der Waals surface area contributed by atoms with Crippen molar-refractivity contribution < 1.29 is 4.74 Å². The van der Waals surface area contributed by atoms with Gasteiger partial charge in [-0.15, -0.1) is 12.4 Å². The molecule has 1 aromatic rings. The summed E-state index contributed by atoms with van der Waals surface area (Å²) in [5.41, 5.74) is 7.34. The second kappa shape index (κ2) is 7.62. The van der Waals surface area contributed by atoms with Gasteiger partial charge in [-0.25, -0.2) is 0 Å². The van der Waals surface area contributed by atoms with E-state index in [1.807, 2.05) is 12.1 Å². The molecule has 18 heavy (non-hydrogen) atoms. The van der Waals surface area contributed by atoms with Crippen molar-refractivity contribution in [3.8, 4) is 5.75 Å². The molecule has 0 bridgehead atoms. The summed E-state index contributed by atoms with van der Waals surface area (Å²) < 4.78 is 5.15. The first-order chi connectivity index (χ1) is 8.28. The Kier molecular flexibility index (Phi) is 6.47. The first kappa shape index (κ1) is 15.3. The molecule has 102 valence electrons. The van der Waals surface area contributed by atoms with Crippen molar-refractivity contribution >= 4 is 12.4 Å². The smallest absolute Gasteiger partial charge is 0.118 e. The van der Waals surface area contributed by atoms with Gasteiger partial charge in [0.15, 0.2) is 0 Å². The topological polar surface area (TPSA) is 38.5 Å². The van der Waals surface area contributed by atoms with Crippen LogP contribution >= 0.6 is 12.4 Å². The molecule has 2 rings (SSSR count). The molecular formula is C14H23ClN2O. The lowest BCUT2D eigenvalue weighted by atomic mass is 10.1. The summed E-state index contributed by atoms with van der Waals surface area (Å²) in [6.45, 7) is 3.36. The number of halogens is 1. The fourth-order valence-corrected chi connectivity index (χ4v) is 2.37. The minimum Gasteiger partial charge on any atom is -0.497 e. The maximum Gasteiger partial charge on any atom is 0.118 e. The Morgan fingerprint density at radius 2 is 2.06 bits per heavy atom. The van der Waals surface area contributed by atoms with Crippen LogP contribution in [-0.2, 0) is 6.42 Å². The van der Waals surface area contributed by atoms with Crippen LogP contribution in [0.4, 0.5) is 0 Å². The number of ether oxygens (including phenoxy) is 1. The second-order valence-electron chi connectivity index (χ2n) is 4.80.